The lowest BCUT2D eigenvalue weighted by Gasteiger charge is -2.36. The van der Waals surface area contributed by atoms with Crippen molar-refractivity contribution >= 4 is 41.7 Å². The number of amides is 1. The van der Waals surface area contributed by atoms with Crippen molar-refractivity contribution in [3.63, 3.8) is 0 Å². The second-order valence-corrected chi connectivity index (χ2v) is 8.51. The zero-order valence-corrected chi connectivity index (χ0v) is 21.9. The highest BCUT2D eigenvalue weighted by atomic mass is 127. The van der Waals surface area contributed by atoms with E-state index in [1.807, 2.05) is 32.9 Å². The summed E-state index contributed by atoms with van der Waals surface area (Å²) in [5.41, 5.74) is 0.590. The summed E-state index contributed by atoms with van der Waals surface area (Å²) in [6.45, 7) is 12.3. The van der Waals surface area contributed by atoms with Gasteiger partial charge < -0.3 is 25.6 Å². The summed E-state index contributed by atoms with van der Waals surface area (Å²) in [6.07, 6.45) is 0.375. The van der Waals surface area contributed by atoms with Crippen molar-refractivity contribution in [2.45, 2.75) is 32.8 Å². The van der Waals surface area contributed by atoms with Crippen molar-refractivity contribution in [1.82, 2.24) is 20.9 Å². The quantitative estimate of drug-likeness (QED) is 0.195. The van der Waals surface area contributed by atoms with Crippen LogP contribution >= 0.6 is 24.0 Å². The molecule has 0 radical (unpaired) electrons. The summed E-state index contributed by atoms with van der Waals surface area (Å²) in [5, 5.41) is 9.32. The van der Waals surface area contributed by atoms with Crippen LogP contribution in [0.1, 0.15) is 27.2 Å². The Morgan fingerprint density at radius 2 is 1.62 bits per heavy atom. The van der Waals surface area contributed by atoms with Gasteiger partial charge in [0.1, 0.15) is 11.4 Å². The van der Waals surface area contributed by atoms with Crippen LogP contribution < -0.4 is 20.9 Å². The number of guanidine groups is 1. The van der Waals surface area contributed by atoms with Crippen molar-refractivity contribution in [2.24, 2.45) is 4.99 Å². The minimum atomic E-state index is -0.484. The number of piperazine rings is 1. The summed E-state index contributed by atoms with van der Waals surface area (Å²) < 4.78 is 18.3. The molecule has 1 aromatic carbocycles. The van der Waals surface area contributed by atoms with Crippen LogP contribution in [0, 0.1) is 5.82 Å². The summed E-state index contributed by atoms with van der Waals surface area (Å²) in [7, 11) is 1.75. The number of carbonyl (C=O) groups is 1. The van der Waals surface area contributed by atoms with E-state index in [0.29, 0.717) is 13.1 Å². The topological polar surface area (TPSA) is 81.2 Å². The maximum Gasteiger partial charge on any atom is 0.407 e. The van der Waals surface area contributed by atoms with Gasteiger partial charge in [0.25, 0.3) is 0 Å². The fourth-order valence-corrected chi connectivity index (χ4v) is 3.23. The van der Waals surface area contributed by atoms with Gasteiger partial charge in [-0.2, -0.15) is 0 Å². The van der Waals surface area contributed by atoms with Gasteiger partial charge >= 0.3 is 6.09 Å². The van der Waals surface area contributed by atoms with E-state index in [-0.39, 0.29) is 29.8 Å². The molecule has 0 spiro atoms. The number of nitrogens with one attached hydrogen (secondary N) is 3. The van der Waals surface area contributed by atoms with Gasteiger partial charge in [-0.1, -0.05) is 0 Å². The van der Waals surface area contributed by atoms with E-state index in [9.17, 15) is 9.18 Å². The minimum Gasteiger partial charge on any atom is -0.444 e. The fourth-order valence-electron chi connectivity index (χ4n) is 3.23. The Morgan fingerprint density at radius 1 is 1.03 bits per heavy atom. The van der Waals surface area contributed by atoms with Crippen molar-refractivity contribution < 1.29 is 13.9 Å². The summed E-state index contributed by atoms with van der Waals surface area (Å²) in [4.78, 5) is 20.5. The third-order valence-corrected chi connectivity index (χ3v) is 4.82. The Morgan fingerprint density at radius 3 is 2.22 bits per heavy atom. The average Bonchev–Trinajstić information content (AvgIpc) is 2.72. The smallest absolute Gasteiger partial charge is 0.407 e. The molecule has 1 aliphatic heterocycles. The lowest BCUT2D eigenvalue weighted by atomic mass is 10.2. The first-order valence-corrected chi connectivity index (χ1v) is 10.9. The Labute approximate surface area is 208 Å². The van der Waals surface area contributed by atoms with Crippen LogP contribution in [0.2, 0.25) is 0 Å². The number of nitrogens with zero attached hydrogens (tertiary/aromatic N) is 3. The number of anilines is 1. The molecule has 3 N–H and O–H groups in total. The van der Waals surface area contributed by atoms with Gasteiger partial charge in [-0.25, -0.2) is 9.18 Å². The van der Waals surface area contributed by atoms with Gasteiger partial charge in [-0.05, 0) is 51.5 Å². The van der Waals surface area contributed by atoms with E-state index in [2.05, 4.69) is 30.7 Å². The molecule has 0 aromatic heterocycles. The third-order valence-electron chi connectivity index (χ3n) is 4.82. The monoisotopic (exact) mass is 564 g/mol. The SMILES string of the molecule is CN=C(NCCCNC(=O)OC(C)(C)C)NCCN1CCN(c2ccc(F)cc2)CC1.I. The second kappa shape index (κ2) is 14.4. The maximum atomic E-state index is 13.1. The highest BCUT2D eigenvalue weighted by Crippen LogP contribution is 2.16. The van der Waals surface area contributed by atoms with Crippen LogP contribution in [-0.2, 0) is 4.74 Å². The summed E-state index contributed by atoms with van der Waals surface area (Å²) in [6, 6.07) is 6.70. The van der Waals surface area contributed by atoms with Crippen LogP contribution in [0.3, 0.4) is 0 Å². The number of carbonyl (C=O) groups excluding carboxylic acids is 1. The Hall–Kier alpha value is -1.82. The predicted octanol–water partition coefficient (Wildman–Crippen LogP) is 2.65. The van der Waals surface area contributed by atoms with Crippen LogP contribution in [-0.4, -0.2) is 82.0 Å². The number of aliphatic imine (C=N–C) groups is 1. The average molecular weight is 564 g/mol. The number of halogens is 2. The van der Waals surface area contributed by atoms with Crippen LogP contribution in [0.5, 0.6) is 0 Å². The molecule has 0 unspecified atom stereocenters. The molecular weight excluding hydrogens is 526 g/mol. The third kappa shape index (κ3) is 11.2. The van der Waals surface area contributed by atoms with Gasteiger partial charge in [0, 0.05) is 65.1 Å². The molecule has 1 amide bonds. The van der Waals surface area contributed by atoms with Crippen molar-refractivity contribution in [2.75, 3.05) is 64.3 Å². The first-order chi connectivity index (χ1) is 14.8. The number of hydrogen-bond donors (Lipinski definition) is 3. The maximum absolute atomic E-state index is 13.1. The first-order valence-electron chi connectivity index (χ1n) is 10.9. The number of hydrogen-bond acceptors (Lipinski definition) is 5. The fraction of sp³-hybridized carbons (Fsp3) is 0.636. The van der Waals surface area contributed by atoms with Crippen molar-refractivity contribution in [3.8, 4) is 0 Å². The molecular formula is C22H38FIN6O2. The van der Waals surface area contributed by atoms with Crippen molar-refractivity contribution in [1.29, 1.82) is 0 Å². The van der Waals surface area contributed by atoms with Gasteiger partial charge in [-0.15, -0.1) is 24.0 Å². The zero-order valence-electron chi connectivity index (χ0n) is 19.6. The van der Waals surface area contributed by atoms with Gasteiger partial charge in [0.15, 0.2) is 5.96 Å². The standard InChI is InChI=1S/C22H37FN6O2.HI/c1-22(2,3)31-21(30)27-11-5-10-25-20(24-4)26-12-13-28-14-16-29(17-15-28)19-8-6-18(23)7-9-19;/h6-9H,5,10-17H2,1-4H3,(H,27,30)(H2,24,25,26);1H. The number of rotatable bonds is 8. The highest BCUT2D eigenvalue weighted by molar-refractivity contribution is 14.0. The molecule has 2 rings (SSSR count). The molecule has 1 saturated heterocycles. The molecule has 0 saturated carbocycles. The normalized spacial score (nSPS) is 15.0. The van der Waals surface area contributed by atoms with Crippen LogP contribution in [0.25, 0.3) is 0 Å². The molecule has 0 atom stereocenters. The lowest BCUT2D eigenvalue weighted by Crippen LogP contribution is -2.49. The summed E-state index contributed by atoms with van der Waals surface area (Å²) in [5.74, 6) is 0.553. The van der Waals surface area contributed by atoms with E-state index in [1.165, 1.54) is 12.1 Å². The van der Waals surface area contributed by atoms with E-state index in [1.54, 1.807) is 7.05 Å². The molecule has 0 aliphatic carbocycles. The number of benzene rings is 1. The van der Waals surface area contributed by atoms with Gasteiger partial charge in [0.05, 0.1) is 0 Å². The Balaban J connectivity index is 0.00000512. The molecule has 0 bridgehead atoms. The van der Waals surface area contributed by atoms with E-state index >= 15 is 0 Å². The zero-order chi connectivity index (χ0) is 22.7. The second-order valence-electron chi connectivity index (χ2n) is 8.51. The van der Waals surface area contributed by atoms with E-state index in [0.717, 1.165) is 57.3 Å². The molecule has 1 aromatic rings. The minimum absolute atomic E-state index is 0. The largest absolute Gasteiger partial charge is 0.444 e. The Bertz CT molecular complexity index is 703. The number of alkyl carbamates (subject to hydrolysis) is 1. The molecule has 32 heavy (non-hydrogen) atoms. The Kier molecular flexibility index (Phi) is 12.7. The first kappa shape index (κ1) is 28.2. The van der Waals surface area contributed by atoms with Gasteiger partial charge in [0.2, 0.25) is 0 Å². The van der Waals surface area contributed by atoms with Crippen molar-refractivity contribution in [3.05, 3.63) is 30.1 Å². The molecule has 1 fully saturated rings. The summed E-state index contributed by atoms with van der Waals surface area (Å²) >= 11 is 0. The van der Waals surface area contributed by atoms with E-state index in [4.69, 9.17) is 4.74 Å². The van der Waals surface area contributed by atoms with Crippen LogP contribution in [0.4, 0.5) is 14.9 Å². The van der Waals surface area contributed by atoms with Crippen LogP contribution in [0.15, 0.2) is 29.3 Å². The van der Waals surface area contributed by atoms with Gasteiger partial charge in [-0.3, -0.25) is 9.89 Å². The molecule has 1 heterocycles. The predicted molar refractivity (Wildman–Crippen MR) is 139 cm³/mol. The number of ether oxygens (including phenoxy) is 1. The molecule has 10 heteroatoms. The molecule has 182 valence electrons. The molecule has 1 aliphatic rings. The molecule has 8 nitrogen and oxygen atoms in total. The highest BCUT2D eigenvalue weighted by Gasteiger charge is 2.17. The van der Waals surface area contributed by atoms with E-state index < -0.39 is 11.7 Å². The lowest BCUT2D eigenvalue weighted by molar-refractivity contribution is 0.0527.